The number of para-hydroxylation sites is 2. The van der Waals surface area contributed by atoms with Crippen molar-refractivity contribution in [3.8, 4) is 11.5 Å². The average Bonchev–Trinajstić information content (AvgIpc) is 2.45. The maximum atomic E-state index is 12.3. The molecule has 0 radical (unpaired) electrons. The van der Waals surface area contributed by atoms with Gasteiger partial charge in [0.1, 0.15) is 10.6 Å². The molecule has 2 aromatic carbocycles. The van der Waals surface area contributed by atoms with Gasteiger partial charge in [-0.25, -0.2) is 8.42 Å². The molecule has 3 nitrogen and oxygen atoms in total. The molecule has 0 aliphatic carbocycles. The molecule has 19 heavy (non-hydrogen) atoms. The van der Waals surface area contributed by atoms with Gasteiger partial charge in [0.15, 0.2) is 15.6 Å². The topological polar surface area (TPSA) is 43.4 Å². The van der Waals surface area contributed by atoms with E-state index in [0.717, 1.165) is 0 Å². The number of rotatable bonds is 0. The van der Waals surface area contributed by atoms with Crippen LogP contribution in [-0.4, -0.2) is 8.42 Å². The zero-order chi connectivity index (χ0) is 13.6. The summed E-state index contributed by atoms with van der Waals surface area (Å²) < 4.78 is 30.3. The first-order valence-electron chi connectivity index (χ1n) is 5.45. The van der Waals surface area contributed by atoms with Crippen molar-refractivity contribution < 1.29 is 13.2 Å². The summed E-state index contributed by atoms with van der Waals surface area (Å²) in [5, 5.41) is 0.606. The van der Waals surface area contributed by atoms with Gasteiger partial charge in [-0.1, -0.05) is 41.4 Å². The van der Waals surface area contributed by atoms with E-state index in [4.69, 9.17) is 27.9 Å². The Labute approximate surface area is 120 Å². The highest BCUT2D eigenvalue weighted by molar-refractivity contribution is 7.90. The van der Waals surface area contributed by atoms with Crippen LogP contribution in [0.25, 0.3) is 0 Å². The third-order valence-electron chi connectivity index (χ3n) is 2.86. The Bertz CT molecular complexity index is 769. The van der Waals surface area contributed by atoms with Crippen LogP contribution in [0.15, 0.2) is 41.3 Å². The molecule has 0 saturated heterocycles. The molecule has 6 heteroatoms. The maximum absolute atomic E-state index is 12.3. The van der Waals surface area contributed by atoms with Gasteiger partial charge >= 0.3 is 0 Å². The van der Waals surface area contributed by atoms with Crippen LogP contribution in [0.1, 0.15) is 5.56 Å². The Morgan fingerprint density at radius 3 is 2.32 bits per heavy atom. The van der Waals surface area contributed by atoms with Gasteiger partial charge in [0.2, 0.25) is 0 Å². The summed E-state index contributed by atoms with van der Waals surface area (Å²) in [5.41, 5.74) is 0.528. The van der Waals surface area contributed by atoms with Crippen LogP contribution in [-0.2, 0) is 15.6 Å². The molecule has 2 aromatic rings. The van der Waals surface area contributed by atoms with Gasteiger partial charge in [-0.15, -0.1) is 0 Å². The highest BCUT2D eigenvalue weighted by Crippen LogP contribution is 2.44. The third-order valence-corrected chi connectivity index (χ3v) is 5.14. The van der Waals surface area contributed by atoms with Crippen LogP contribution in [0, 0.1) is 0 Å². The highest BCUT2D eigenvalue weighted by atomic mass is 35.5. The quantitative estimate of drug-likeness (QED) is 0.736. The molecule has 0 saturated carbocycles. The third kappa shape index (κ3) is 2.10. The van der Waals surface area contributed by atoms with Crippen molar-refractivity contribution in [1.29, 1.82) is 0 Å². The lowest BCUT2D eigenvalue weighted by atomic mass is 10.2. The monoisotopic (exact) mass is 314 g/mol. The van der Waals surface area contributed by atoms with Crippen molar-refractivity contribution >= 4 is 33.0 Å². The standard InChI is InChI=1S/C13H8Cl2O3S/c14-9-4-1-3-8-7-19(16,17)11-6-2-5-10(15)13(11)18-12(8)9/h1-6H,7H2. The van der Waals surface area contributed by atoms with E-state index in [0.29, 0.717) is 16.3 Å². The van der Waals surface area contributed by atoms with Gasteiger partial charge < -0.3 is 4.74 Å². The van der Waals surface area contributed by atoms with Crippen molar-refractivity contribution in [2.24, 2.45) is 0 Å². The van der Waals surface area contributed by atoms with Gasteiger partial charge in [0.05, 0.1) is 15.8 Å². The summed E-state index contributed by atoms with van der Waals surface area (Å²) in [7, 11) is -3.50. The number of sulfone groups is 1. The van der Waals surface area contributed by atoms with Gasteiger partial charge in [0.25, 0.3) is 0 Å². The van der Waals surface area contributed by atoms with Gasteiger partial charge in [-0.05, 0) is 18.2 Å². The predicted molar refractivity (Wildman–Crippen MR) is 73.9 cm³/mol. The van der Waals surface area contributed by atoms with Gasteiger partial charge in [0, 0.05) is 5.56 Å². The molecule has 0 aromatic heterocycles. The number of hydrogen-bond acceptors (Lipinski definition) is 3. The Hall–Kier alpha value is -1.23. The first-order chi connectivity index (χ1) is 8.99. The lowest BCUT2D eigenvalue weighted by Crippen LogP contribution is -2.03. The fraction of sp³-hybridized carbons (Fsp3) is 0.0769. The number of hydrogen-bond donors (Lipinski definition) is 0. The fourth-order valence-electron chi connectivity index (χ4n) is 2.00. The van der Waals surface area contributed by atoms with Crippen LogP contribution in [0.5, 0.6) is 11.5 Å². The SMILES string of the molecule is O=S1(=O)Cc2cccc(Cl)c2Oc2c(Cl)cccc21. The van der Waals surface area contributed by atoms with E-state index in [1.54, 1.807) is 30.3 Å². The number of fused-ring (bicyclic) bond motifs is 2. The zero-order valence-electron chi connectivity index (χ0n) is 9.56. The van der Waals surface area contributed by atoms with E-state index in [2.05, 4.69) is 0 Å². The Kier molecular flexibility index (Phi) is 2.96. The molecular weight excluding hydrogens is 307 g/mol. The molecule has 0 spiro atoms. The van der Waals surface area contributed by atoms with Crippen molar-refractivity contribution in [3.05, 3.63) is 52.0 Å². The van der Waals surface area contributed by atoms with Crippen molar-refractivity contribution in [3.63, 3.8) is 0 Å². The molecule has 0 N–H and O–H groups in total. The molecule has 0 atom stereocenters. The second kappa shape index (κ2) is 4.40. The summed E-state index contributed by atoms with van der Waals surface area (Å²) in [6.45, 7) is 0. The van der Waals surface area contributed by atoms with Crippen LogP contribution < -0.4 is 4.74 Å². The lowest BCUT2D eigenvalue weighted by Gasteiger charge is -2.10. The van der Waals surface area contributed by atoms with E-state index >= 15 is 0 Å². The number of benzene rings is 2. The first kappa shape index (κ1) is 12.8. The molecule has 0 unspecified atom stereocenters. The largest absolute Gasteiger partial charge is 0.453 e. The predicted octanol–water partition coefficient (Wildman–Crippen LogP) is 4.07. The molecule has 0 bridgehead atoms. The van der Waals surface area contributed by atoms with Crippen LogP contribution in [0.2, 0.25) is 10.0 Å². The van der Waals surface area contributed by atoms with Crippen LogP contribution >= 0.6 is 23.2 Å². The van der Waals surface area contributed by atoms with Gasteiger partial charge in [-0.3, -0.25) is 0 Å². The normalized spacial score (nSPS) is 15.9. The van der Waals surface area contributed by atoms with E-state index in [1.807, 2.05) is 0 Å². The lowest BCUT2D eigenvalue weighted by molar-refractivity contribution is 0.469. The minimum atomic E-state index is -3.50. The molecule has 1 heterocycles. The smallest absolute Gasteiger partial charge is 0.186 e. The molecule has 3 rings (SSSR count). The molecular formula is C13H8Cl2O3S. The Balaban J connectivity index is 2.35. The Morgan fingerprint density at radius 1 is 0.947 bits per heavy atom. The van der Waals surface area contributed by atoms with E-state index in [1.165, 1.54) is 6.07 Å². The van der Waals surface area contributed by atoms with Gasteiger partial charge in [-0.2, -0.15) is 0 Å². The minimum absolute atomic E-state index is 0.0901. The average molecular weight is 315 g/mol. The summed E-state index contributed by atoms with van der Waals surface area (Å²) in [6, 6.07) is 9.67. The van der Waals surface area contributed by atoms with Crippen molar-refractivity contribution in [2.75, 3.05) is 0 Å². The summed E-state index contributed by atoms with van der Waals surface area (Å²) in [5.74, 6) is 0.326. The minimum Gasteiger partial charge on any atom is -0.453 e. The molecule has 98 valence electrons. The van der Waals surface area contributed by atoms with E-state index in [-0.39, 0.29) is 21.4 Å². The maximum Gasteiger partial charge on any atom is 0.186 e. The summed E-state index contributed by atoms with van der Waals surface area (Å²) >= 11 is 12.1. The first-order valence-corrected chi connectivity index (χ1v) is 7.86. The second-order valence-corrected chi connectivity index (χ2v) is 6.93. The number of ether oxygens (including phenoxy) is 1. The van der Waals surface area contributed by atoms with E-state index < -0.39 is 9.84 Å². The summed E-state index contributed by atoms with van der Waals surface area (Å²) in [4.78, 5) is 0.0901. The highest BCUT2D eigenvalue weighted by Gasteiger charge is 2.29. The van der Waals surface area contributed by atoms with Crippen LogP contribution in [0.3, 0.4) is 0 Å². The van der Waals surface area contributed by atoms with E-state index in [9.17, 15) is 8.42 Å². The zero-order valence-corrected chi connectivity index (χ0v) is 11.9. The molecule has 1 aliphatic heterocycles. The fourth-order valence-corrected chi connectivity index (χ4v) is 4.01. The van der Waals surface area contributed by atoms with Crippen molar-refractivity contribution in [2.45, 2.75) is 10.6 Å². The molecule has 0 amide bonds. The summed E-state index contributed by atoms with van der Waals surface area (Å²) in [6.07, 6.45) is 0. The van der Waals surface area contributed by atoms with Crippen molar-refractivity contribution in [1.82, 2.24) is 0 Å². The second-order valence-electron chi connectivity index (χ2n) is 4.16. The number of halogens is 2. The molecule has 1 aliphatic rings. The Morgan fingerprint density at radius 2 is 1.58 bits per heavy atom. The van der Waals surface area contributed by atoms with Crippen LogP contribution in [0.4, 0.5) is 0 Å². The molecule has 0 fully saturated rings.